The number of halogens is 3. The van der Waals surface area contributed by atoms with E-state index in [1.807, 2.05) is 26.0 Å². The molecule has 0 aliphatic rings. The minimum absolute atomic E-state index is 0.190. The quantitative estimate of drug-likeness (QED) is 0.860. The molecule has 0 saturated carbocycles. The first-order valence-corrected chi connectivity index (χ1v) is 6.64. The van der Waals surface area contributed by atoms with Crippen molar-refractivity contribution in [3.05, 3.63) is 65.2 Å². The standard InChI is InChI=1S/C17H17F3O/c1-16(2,14-7-9-15(21)10-8-14)13-5-3-12(4-6-13)11-17(18,19)20/h3-10,21H,11H2,1-2H3. The summed E-state index contributed by atoms with van der Waals surface area (Å²) in [5, 5.41) is 9.33. The van der Waals surface area contributed by atoms with Gasteiger partial charge in [0.2, 0.25) is 0 Å². The van der Waals surface area contributed by atoms with Crippen molar-refractivity contribution in [3.63, 3.8) is 0 Å². The SMILES string of the molecule is CC(C)(c1ccc(O)cc1)c1ccc(CC(F)(F)F)cc1. The van der Waals surface area contributed by atoms with E-state index in [-0.39, 0.29) is 16.7 Å². The maximum atomic E-state index is 12.4. The Balaban J connectivity index is 2.26. The average molecular weight is 294 g/mol. The summed E-state index contributed by atoms with van der Waals surface area (Å²) in [4.78, 5) is 0. The Hall–Kier alpha value is -1.97. The predicted octanol–water partition coefficient (Wildman–Crippen LogP) is 4.82. The van der Waals surface area contributed by atoms with Crippen LogP contribution in [-0.4, -0.2) is 11.3 Å². The number of phenols is 1. The third kappa shape index (κ3) is 3.78. The first-order chi connectivity index (χ1) is 9.68. The highest BCUT2D eigenvalue weighted by Crippen LogP contribution is 2.33. The zero-order valence-electron chi connectivity index (χ0n) is 11.9. The summed E-state index contributed by atoms with van der Waals surface area (Å²) in [7, 11) is 0. The summed E-state index contributed by atoms with van der Waals surface area (Å²) in [5.74, 6) is 0.190. The Labute approximate surface area is 122 Å². The third-order valence-electron chi connectivity index (χ3n) is 3.67. The van der Waals surface area contributed by atoms with Gasteiger partial charge >= 0.3 is 6.18 Å². The van der Waals surface area contributed by atoms with Crippen LogP contribution in [0.25, 0.3) is 0 Å². The van der Waals surface area contributed by atoms with Crippen LogP contribution in [0, 0.1) is 0 Å². The number of aromatic hydroxyl groups is 1. The molecule has 4 heteroatoms. The van der Waals surface area contributed by atoms with Gasteiger partial charge in [0.25, 0.3) is 0 Å². The van der Waals surface area contributed by atoms with E-state index in [4.69, 9.17) is 0 Å². The molecule has 0 unspecified atom stereocenters. The Morgan fingerprint density at radius 2 is 1.24 bits per heavy atom. The fourth-order valence-electron chi connectivity index (χ4n) is 2.32. The van der Waals surface area contributed by atoms with Crippen LogP contribution in [0.4, 0.5) is 13.2 Å². The highest BCUT2D eigenvalue weighted by Gasteiger charge is 2.28. The maximum absolute atomic E-state index is 12.4. The van der Waals surface area contributed by atoms with Crippen LogP contribution in [0.1, 0.15) is 30.5 Å². The van der Waals surface area contributed by atoms with Crippen LogP contribution >= 0.6 is 0 Å². The molecule has 0 radical (unpaired) electrons. The summed E-state index contributed by atoms with van der Waals surface area (Å²) in [6, 6.07) is 13.3. The van der Waals surface area contributed by atoms with E-state index in [0.29, 0.717) is 0 Å². The van der Waals surface area contributed by atoms with Gasteiger partial charge in [0, 0.05) is 5.41 Å². The van der Waals surface area contributed by atoms with Gasteiger partial charge in [-0.25, -0.2) is 0 Å². The molecule has 0 heterocycles. The minimum atomic E-state index is -4.19. The van der Waals surface area contributed by atoms with E-state index in [9.17, 15) is 18.3 Å². The molecule has 2 aromatic rings. The fraction of sp³-hybridized carbons (Fsp3) is 0.294. The lowest BCUT2D eigenvalue weighted by Gasteiger charge is -2.26. The van der Waals surface area contributed by atoms with Crippen LogP contribution in [-0.2, 0) is 11.8 Å². The summed E-state index contributed by atoms with van der Waals surface area (Å²) in [5.41, 5.74) is 1.83. The second-order valence-electron chi connectivity index (χ2n) is 5.66. The lowest BCUT2D eigenvalue weighted by molar-refractivity contribution is -0.127. The van der Waals surface area contributed by atoms with Gasteiger partial charge in [-0.1, -0.05) is 50.2 Å². The molecular weight excluding hydrogens is 277 g/mol. The molecule has 2 aromatic carbocycles. The average Bonchev–Trinajstić information content (AvgIpc) is 2.38. The van der Waals surface area contributed by atoms with E-state index in [2.05, 4.69) is 0 Å². The highest BCUT2D eigenvalue weighted by molar-refractivity contribution is 5.40. The predicted molar refractivity (Wildman–Crippen MR) is 76.4 cm³/mol. The molecule has 0 aliphatic carbocycles. The lowest BCUT2D eigenvalue weighted by atomic mass is 9.78. The van der Waals surface area contributed by atoms with Gasteiger partial charge in [-0.2, -0.15) is 13.2 Å². The van der Waals surface area contributed by atoms with Gasteiger partial charge in [0.05, 0.1) is 6.42 Å². The highest BCUT2D eigenvalue weighted by atomic mass is 19.4. The second-order valence-corrected chi connectivity index (χ2v) is 5.66. The molecule has 0 spiro atoms. The van der Waals surface area contributed by atoms with Gasteiger partial charge < -0.3 is 5.11 Å². The third-order valence-corrected chi connectivity index (χ3v) is 3.67. The van der Waals surface area contributed by atoms with Crippen LogP contribution in [0.3, 0.4) is 0 Å². The van der Waals surface area contributed by atoms with Crippen LogP contribution in [0.2, 0.25) is 0 Å². The van der Waals surface area contributed by atoms with E-state index < -0.39 is 12.6 Å². The van der Waals surface area contributed by atoms with E-state index in [0.717, 1.165) is 11.1 Å². The fourth-order valence-corrected chi connectivity index (χ4v) is 2.32. The molecule has 0 amide bonds. The summed E-state index contributed by atoms with van der Waals surface area (Å²) in [6.07, 6.45) is -5.10. The molecule has 0 fully saturated rings. The van der Waals surface area contributed by atoms with E-state index in [1.54, 1.807) is 24.3 Å². The molecule has 2 rings (SSSR count). The van der Waals surface area contributed by atoms with Gasteiger partial charge in [0.1, 0.15) is 5.75 Å². The topological polar surface area (TPSA) is 20.2 Å². The van der Waals surface area contributed by atoms with Gasteiger partial charge in [-0.3, -0.25) is 0 Å². The van der Waals surface area contributed by atoms with Gasteiger partial charge in [0.15, 0.2) is 0 Å². The van der Waals surface area contributed by atoms with Crippen LogP contribution in [0.5, 0.6) is 5.75 Å². The molecule has 1 N–H and O–H groups in total. The molecule has 0 saturated heterocycles. The van der Waals surface area contributed by atoms with Crippen molar-refractivity contribution in [1.29, 1.82) is 0 Å². The van der Waals surface area contributed by atoms with E-state index in [1.165, 1.54) is 12.1 Å². The first kappa shape index (κ1) is 15.4. The van der Waals surface area contributed by atoms with Crippen molar-refractivity contribution in [3.8, 4) is 5.75 Å². The Morgan fingerprint density at radius 3 is 1.67 bits per heavy atom. The molecule has 21 heavy (non-hydrogen) atoms. The van der Waals surface area contributed by atoms with Crippen molar-refractivity contribution in [1.82, 2.24) is 0 Å². The minimum Gasteiger partial charge on any atom is -0.508 e. The van der Waals surface area contributed by atoms with Crippen molar-refractivity contribution < 1.29 is 18.3 Å². The molecule has 1 nitrogen and oxygen atoms in total. The molecule has 0 bridgehead atoms. The normalized spacial score (nSPS) is 12.4. The molecule has 112 valence electrons. The summed E-state index contributed by atoms with van der Waals surface area (Å²) in [6.45, 7) is 4.00. The summed E-state index contributed by atoms with van der Waals surface area (Å²) >= 11 is 0. The molecule has 0 atom stereocenters. The molecule has 0 aliphatic heterocycles. The van der Waals surface area contributed by atoms with Crippen LogP contribution in [0.15, 0.2) is 48.5 Å². The lowest BCUT2D eigenvalue weighted by Crippen LogP contribution is -2.19. The van der Waals surface area contributed by atoms with Crippen molar-refractivity contribution in [2.75, 3.05) is 0 Å². The number of hydrogen-bond donors (Lipinski definition) is 1. The first-order valence-electron chi connectivity index (χ1n) is 6.64. The zero-order chi connectivity index (χ0) is 15.7. The number of rotatable bonds is 3. The van der Waals surface area contributed by atoms with Gasteiger partial charge in [-0.15, -0.1) is 0 Å². The van der Waals surface area contributed by atoms with Gasteiger partial charge in [-0.05, 0) is 28.8 Å². The Morgan fingerprint density at radius 1 is 0.810 bits per heavy atom. The van der Waals surface area contributed by atoms with E-state index >= 15 is 0 Å². The largest absolute Gasteiger partial charge is 0.508 e. The molecular formula is C17H17F3O. The van der Waals surface area contributed by atoms with Crippen molar-refractivity contribution in [2.45, 2.75) is 31.9 Å². The Kier molecular flexibility index (Phi) is 3.99. The number of alkyl halides is 3. The monoisotopic (exact) mass is 294 g/mol. The zero-order valence-corrected chi connectivity index (χ0v) is 11.9. The van der Waals surface area contributed by atoms with Crippen LogP contribution < -0.4 is 0 Å². The maximum Gasteiger partial charge on any atom is 0.393 e. The molecule has 0 aromatic heterocycles. The van der Waals surface area contributed by atoms with Crippen molar-refractivity contribution >= 4 is 0 Å². The smallest absolute Gasteiger partial charge is 0.393 e. The summed E-state index contributed by atoms with van der Waals surface area (Å²) < 4.78 is 37.1. The number of hydrogen-bond acceptors (Lipinski definition) is 1. The van der Waals surface area contributed by atoms with Crippen molar-refractivity contribution in [2.24, 2.45) is 0 Å². The second kappa shape index (κ2) is 5.43. The Bertz CT molecular complexity index is 595. The number of phenolic OH excluding ortho intramolecular Hbond substituents is 1. The number of benzene rings is 2.